The van der Waals surface area contributed by atoms with E-state index in [1.807, 2.05) is 0 Å². The molecule has 6 fully saturated rings. The summed E-state index contributed by atoms with van der Waals surface area (Å²) in [5, 5.41) is 13.1. The van der Waals surface area contributed by atoms with Crippen LogP contribution in [-0.4, -0.2) is 126 Å². The molecule has 1 heterocycles. The van der Waals surface area contributed by atoms with E-state index >= 15 is 0 Å². The highest BCUT2D eigenvalue weighted by molar-refractivity contribution is 5.90. The molecule has 7 bridgehead atoms. The molecule has 0 amide bonds. The number of carbonyl (C=O) groups excluding carboxylic acids is 2. The molecule has 5 aliphatic carbocycles. The number of rotatable bonds is 12. The lowest BCUT2D eigenvalue weighted by molar-refractivity contribution is -0.282. The van der Waals surface area contributed by atoms with Crippen molar-refractivity contribution < 1.29 is 52.6 Å². The van der Waals surface area contributed by atoms with Crippen molar-refractivity contribution in [2.75, 3.05) is 62.4 Å². The Hall–Kier alpha value is -3.26. The third kappa shape index (κ3) is 4.81. The second kappa shape index (κ2) is 13.2. The van der Waals surface area contributed by atoms with Gasteiger partial charge in [0.15, 0.2) is 0 Å². The molecule has 53 heavy (non-hydrogen) atoms. The topological polar surface area (TPSA) is 131 Å². The van der Waals surface area contributed by atoms with Gasteiger partial charge in [0.2, 0.25) is 0 Å². The Bertz CT molecular complexity index is 1700. The highest BCUT2D eigenvalue weighted by Gasteiger charge is 2.90. The van der Waals surface area contributed by atoms with Gasteiger partial charge in [-0.2, -0.15) is 0 Å². The predicted octanol–water partition coefficient (Wildman–Crippen LogP) is 4.02. The van der Waals surface area contributed by atoms with Crippen LogP contribution >= 0.6 is 0 Å². The van der Waals surface area contributed by atoms with Crippen LogP contribution in [0, 0.1) is 34.5 Å². The van der Waals surface area contributed by atoms with Gasteiger partial charge in [-0.05, 0) is 80.3 Å². The summed E-state index contributed by atoms with van der Waals surface area (Å²) in [5.41, 5.74) is -3.00. The highest BCUT2D eigenvalue weighted by atomic mass is 16.6. The molecule has 288 valence electrons. The maximum absolute atomic E-state index is 14.6. The molecule has 6 unspecified atom stereocenters. The molecule has 1 aliphatic heterocycles. The van der Waals surface area contributed by atoms with E-state index in [-0.39, 0.29) is 54.3 Å². The number of aliphatic hydroxyl groups is 1. The molecule has 0 radical (unpaired) electrons. The Kier molecular flexibility index (Phi) is 9.14. The number of ether oxygens (including phenoxy) is 8. The van der Waals surface area contributed by atoms with Crippen LogP contribution in [0.1, 0.15) is 53.3 Å². The number of carbonyl (C=O) groups is 2. The van der Waals surface area contributed by atoms with Gasteiger partial charge in [-0.1, -0.05) is 6.92 Å². The molecule has 1 N–H and O–H groups in total. The van der Waals surface area contributed by atoms with Crippen LogP contribution in [0.3, 0.4) is 0 Å². The molecule has 1 spiro atoms. The number of hydrogen-bond donors (Lipinski definition) is 1. The number of fused-ring (bicyclic) bond motifs is 2. The zero-order valence-corrected chi connectivity index (χ0v) is 31.7. The van der Waals surface area contributed by atoms with Crippen molar-refractivity contribution in [1.29, 1.82) is 0 Å². The van der Waals surface area contributed by atoms with Crippen LogP contribution in [0.2, 0.25) is 0 Å². The summed E-state index contributed by atoms with van der Waals surface area (Å²) in [6, 6.07) is 13.4. The molecule has 2 aromatic rings. The lowest BCUT2D eigenvalue weighted by Gasteiger charge is -2.69. The Labute approximate surface area is 311 Å². The number of nitrogens with zero attached hydrogens (tertiary/aromatic N) is 1. The number of esters is 2. The fourth-order valence-electron chi connectivity index (χ4n) is 13.1. The first-order valence-electron chi connectivity index (χ1n) is 18.8. The second-order valence-electron chi connectivity index (χ2n) is 16.2. The van der Waals surface area contributed by atoms with E-state index in [1.54, 1.807) is 91.2 Å². The summed E-state index contributed by atoms with van der Waals surface area (Å²) in [6.07, 6.45) is -0.284. The van der Waals surface area contributed by atoms with Crippen LogP contribution in [0.4, 0.5) is 0 Å². The van der Waals surface area contributed by atoms with Gasteiger partial charge >= 0.3 is 11.9 Å². The third-order valence-electron chi connectivity index (χ3n) is 14.6. The molecule has 5 saturated carbocycles. The SMILES string of the molecule is CCN1C[C@]2(COC)CCC(OC)C34C1C(C(OC)[C@@H]32)C1(OC(=O)c2ccc(OC)cc2)C[C@H](OC)[C@@]2(O)C[C@@H]4[C@@H]1[C@H]2OC(=O)c1ccc(OC)cc1. The Morgan fingerprint density at radius 2 is 1.43 bits per heavy atom. The summed E-state index contributed by atoms with van der Waals surface area (Å²) in [5.74, 6) is -1.19. The summed E-state index contributed by atoms with van der Waals surface area (Å²) in [6.45, 7) is 4.26. The Morgan fingerprint density at radius 3 is 1.98 bits per heavy atom. The molecular weight excluding hydrogens is 682 g/mol. The number of methoxy groups -OCH3 is 6. The van der Waals surface area contributed by atoms with Crippen molar-refractivity contribution in [2.24, 2.45) is 34.5 Å². The minimum Gasteiger partial charge on any atom is -0.497 e. The zero-order valence-electron chi connectivity index (χ0n) is 31.7. The van der Waals surface area contributed by atoms with Gasteiger partial charge in [-0.25, -0.2) is 9.59 Å². The molecule has 13 atom stereocenters. The zero-order chi connectivity index (χ0) is 37.5. The van der Waals surface area contributed by atoms with Crippen molar-refractivity contribution in [2.45, 2.75) is 74.3 Å². The summed E-state index contributed by atoms with van der Waals surface area (Å²) in [4.78, 5) is 31.3. The molecule has 8 rings (SSSR count). The van der Waals surface area contributed by atoms with Crippen molar-refractivity contribution in [3.8, 4) is 11.5 Å². The molecule has 1 saturated heterocycles. The van der Waals surface area contributed by atoms with E-state index < -0.39 is 46.7 Å². The fraction of sp³-hybridized carbons (Fsp3) is 0.659. The summed E-state index contributed by atoms with van der Waals surface area (Å²) < 4.78 is 49.9. The van der Waals surface area contributed by atoms with E-state index in [4.69, 9.17) is 37.9 Å². The predicted molar refractivity (Wildman–Crippen MR) is 191 cm³/mol. The van der Waals surface area contributed by atoms with Gasteiger partial charge < -0.3 is 43.0 Å². The second-order valence-corrected chi connectivity index (χ2v) is 16.2. The van der Waals surface area contributed by atoms with Crippen molar-refractivity contribution in [1.82, 2.24) is 4.90 Å². The smallest absolute Gasteiger partial charge is 0.338 e. The van der Waals surface area contributed by atoms with Gasteiger partial charge in [-0.15, -0.1) is 0 Å². The maximum Gasteiger partial charge on any atom is 0.338 e. The number of piperidine rings is 1. The lowest BCUT2D eigenvalue weighted by atomic mass is 9.43. The van der Waals surface area contributed by atoms with Crippen LogP contribution in [0.15, 0.2) is 48.5 Å². The number of hydrogen-bond acceptors (Lipinski definition) is 12. The van der Waals surface area contributed by atoms with Crippen LogP contribution in [0.5, 0.6) is 11.5 Å². The Balaban J connectivity index is 1.35. The van der Waals surface area contributed by atoms with Crippen LogP contribution < -0.4 is 9.47 Å². The van der Waals surface area contributed by atoms with E-state index in [2.05, 4.69) is 11.8 Å². The number of benzene rings is 2. The highest BCUT2D eigenvalue weighted by Crippen LogP contribution is 2.80. The van der Waals surface area contributed by atoms with E-state index in [9.17, 15) is 14.7 Å². The average molecular weight is 736 g/mol. The first kappa shape index (κ1) is 36.7. The largest absolute Gasteiger partial charge is 0.497 e. The van der Waals surface area contributed by atoms with Gasteiger partial charge in [0.25, 0.3) is 0 Å². The van der Waals surface area contributed by atoms with Crippen molar-refractivity contribution in [3.05, 3.63) is 59.7 Å². The minimum absolute atomic E-state index is 0.0510. The molecular formula is C41H53NO11. The van der Waals surface area contributed by atoms with Crippen molar-refractivity contribution in [3.63, 3.8) is 0 Å². The minimum atomic E-state index is -1.57. The van der Waals surface area contributed by atoms with Crippen molar-refractivity contribution >= 4 is 11.9 Å². The lowest BCUT2D eigenvalue weighted by Crippen LogP contribution is -2.77. The quantitative estimate of drug-likeness (QED) is 0.316. The number of likely N-dealkylation sites (tertiary alicyclic amines) is 1. The van der Waals surface area contributed by atoms with Crippen LogP contribution in [-0.2, 0) is 28.4 Å². The summed E-state index contributed by atoms with van der Waals surface area (Å²) in [7, 11) is 10.0. The molecule has 6 aliphatic rings. The average Bonchev–Trinajstić information content (AvgIpc) is 3.56. The first-order valence-corrected chi connectivity index (χ1v) is 18.8. The molecule has 12 heteroatoms. The third-order valence-corrected chi connectivity index (χ3v) is 14.6. The van der Waals surface area contributed by atoms with E-state index in [1.165, 1.54) is 0 Å². The molecule has 0 aromatic heterocycles. The normalized spacial score (nSPS) is 41.8. The Morgan fingerprint density at radius 1 is 0.811 bits per heavy atom. The van der Waals surface area contributed by atoms with Gasteiger partial charge in [-0.3, -0.25) is 4.90 Å². The maximum atomic E-state index is 14.6. The van der Waals surface area contributed by atoms with E-state index in [0.29, 0.717) is 29.2 Å². The van der Waals surface area contributed by atoms with E-state index in [0.717, 1.165) is 25.9 Å². The van der Waals surface area contributed by atoms with Gasteiger partial charge in [0, 0.05) is 76.0 Å². The first-order chi connectivity index (χ1) is 25.6. The molecule has 12 nitrogen and oxygen atoms in total. The van der Waals surface area contributed by atoms with Crippen LogP contribution in [0.25, 0.3) is 0 Å². The summed E-state index contributed by atoms with van der Waals surface area (Å²) >= 11 is 0. The monoisotopic (exact) mass is 735 g/mol. The molecule has 2 aromatic carbocycles. The fourth-order valence-corrected chi connectivity index (χ4v) is 13.1. The standard InChI is InChI=1S/C41H53NO11/c1-8-42-21-38(22-46-2)18-17-28(49-5)41-27-19-39(45)29(50-6)20-40(31(34(41)42)32(51-7)33(38)41,53-37(44)24-11-15-26(48-4)16-12-24)30(27)35(39)52-36(43)23-9-13-25(47-3)14-10-23/h9-16,27-35,45H,8,17-22H2,1-7H3/t27-,28?,29+,30-,31?,32?,33-,34?,35-,38+,39+,40?,41?/m1/s1. The van der Waals surface area contributed by atoms with Gasteiger partial charge in [0.05, 0.1) is 50.3 Å². The van der Waals surface area contributed by atoms with Gasteiger partial charge in [0.1, 0.15) is 28.8 Å².